The molecule has 0 fully saturated rings. The molecule has 3 aromatic carbocycles. The molecule has 0 aliphatic heterocycles. The number of phenols is 1. The molecule has 5 rings (SSSR count). The maximum atomic E-state index is 12.6. The normalized spacial score (nSPS) is 11.0. The number of hydrogen-bond donors (Lipinski definition) is 4. The van der Waals surface area contributed by atoms with Crippen LogP contribution < -0.4 is 10.6 Å². The number of nitrogens with one attached hydrogen (secondary N) is 2. The molecule has 0 atom stereocenters. The predicted molar refractivity (Wildman–Crippen MR) is 149 cm³/mol. The molecule has 2 heterocycles. The van der Waals surface area contributed by atoms with Crippen molar-refractivity contribution >= 4 is 44.4 Å². The molecule has 4 N–H and O–H groups in total. The topological polar surface area (TPSA) is 122 Å². The van der Waals surface area contributed by atoms with E-state index in [9.17, 15) is 15.0 Å². The minimum Gasteiger partial charge on any atom is -0.508 e. The SMILES string of the molecule is CCOC(=O)n1c(Nc2ccc(CCNc3nc4ccccc4s3)cc2)nc(Cc2ccc(O)cc2)c1O. The van der Waals surface area contributed by atoms with Gasteiger partial charge in [-0.2, -0.15) is 4.57 Å². The number of thiazole rings is 1. The summed E-state index contributed by atoms with van der Waals surface area (Å²) in [5, 5.41) is 27.7. The minimum atomic E-state index is -0.727. The first-order chi connectivity index (χ1) is 18.5. The number of para-hydroxylation sites is 1. The van der Waals surface area contributed by atoms with Crippen LogP contribution in [0.2, 0.25) is 0 Å². The van der Waals surface area contributed by atoms with Crippen molar-refractivity contribution in [1.29, 1.82) is 0 Å². The molecule has 2 aromatic heterocycles. The summed E-state index contributed by atoms with van der Waals surface area (Å²) in [5.41, 5.74) is 3.97. The number of anilines is 3. The Balaban J connectivity index is 1.26. The summed E-state index contributed by atoms with van der Waals surface area (Å²) in [6, 6.07) is 22.4. The van der Waals surface area contributed by atoms with E-state index >= 15 is 0 Å². The lowest BCUT2D eigenvalue weighted by molar-refractivity contribution is 0.152. The molecule has 0 aliphatic carbocycles. The molecule has 0 bridgehead atoms. The van der Waals surface area contributed by atoms with E-state index in [0.29, 0.717) is 11.4 Å². The number of fused-ring (bicyclic) bond motifs is 1. The van der Waals surface area contributed by atoms with Crippen molar-refractivity contribution < 1.29 is 19.7 Å². The van der Waals surface area contributed by atoms with Crippen LogP contribution in [0.3, 0.4) is 0 Å². The molecule has 0 amide bonds. The van der Waals surface area contributed by atoms with Gasteiger partial charge in [0.15, 0.2) is 5.13 Å². The zero-order valence-corrected chi connectivity index (χ0v) is 21.5. The lowest BCUT2D eigenvalue weighted by atomic mass is 10.1. The molecule has 194 valence electrons. The Kier molecular flexibility index (Phi) is 7.41. The summed E-state index contributed by atoms with van der Waals surface area (Å²) < 4.78 is 7.30. The number of imidazole rings is 1. The van der Waals surface area contributed by atoms with Gasteiger partial charge in [-0.25, -0.2) is 14.8 Å². The fourth-order valence-corrected chi connectivity index (χ4v) is 4.86. The van der Waals surface area contributed by atoms with E-state index in [-0.39, 0.29) is 30.6 Å². The van der Waals surface area contributed by atoms with Crippen molar-refractivity contribution in [2.24, 2.45) is 0 Å². The Morgan fingerprint density at radius 2 is 1.71 bits per heavy atom. The molecule has 38 heavy (non-hydrogen) atoms. The zero-order valence-electron chi connectivity index (χ0n) is 20.7. The van der Waals surface area contributed by atoms with Crippen LogP contribution in [0, 0.1) is 0 Å². The van der Waals surface area contributed by atoms with E-state index < -0.39 is 6.09 Å². The van der Waals surface area contributed by atoms with Crippen LogP contribution in [0.25, 0.3) is 10.2 Å². The summed E-state index contributed by atoms with van der Waals surface area (Å²) in [4.78, 5) is 21.7. The van der Waals surface area contributed by atoms with Gasteiger partial charge in [0, 0.05) is 18.7 Å². The summed E-state index contributed by atoms with van der Waals surface area (Å²) in [6.45, 7) is 2.60. The smallest absolute Gasteiger partial charge is 0.423 e. The van der Waals surface area contributed by atoms with E-state index in [4.69, 9.17) is 4.74 Å². The van der Waals surface area contributed by atoms with Gasteiger partial charge in [0.1, 0.15) is 11.4 Å². The second-order valence-electron chi connectivity index (χ2n) is 8.57. The number of carbonyl (C=O) groups is 1. The molecular weight excluding hydrogens is 502 g/mol. The summed E-state index contributed by atoms with van der Waals surface area (Å²) in [5.74, 6) is 0.00454. The van der Waals surface area contributed by atoms with E-state index in [0.717, 1.165) is 44.0 Å². The Morgan fingerprint density at radius 1 is 0.974 bits per heavy atom. The third-order valence-corrected chi connectivity index (χ3v) is 6.87. The fourth-order valence-electron chi connectivity index (χ4n) is 3.97. The number of aromatic nitrogens is 3. The first-order valence-electron chi connectivity index (χ1n) is 12.2. The lowest BCUT2D eigenvalue weighted by Crippen LogP contribution is -2.15. The van der Waals surface area contributed by atoms with Crippen molar-refractivity contribution in [2.75, 3.05) is 23.8 Å². The van der Waals surface area contributed by atoms with Crippen LogP contribution in [0.15, 0.2) is 72.8 Å². The molecule has 5 aromatic rings. The number of hydrogen-bond acceptors (Lipinski definition) is 9. The zero-order chi connectivity index (χ0) is 26.5. The van der Waals surface area contributed by atoms with Gasteiger partial charge in [0.25, 0.3) is 0 Å². The van der Waals surface area contributed by atoms with Crippen molar-refractivity contribution in [2.45, 2.75) is 19.8 Å². The summed E-state index contributed by atoms with van der Waals surface area (Å²) >= 11 is 1.64. The maximum absolute atomic E-state index is 12.6. The molecule has 0 spiro atoms. The van der Waals surface area contributed by atoms with Crippen molar-refractivity contribution in [3.63, 3.8) is 0 Å². The highest BCUT2D eigenvalue weighted by Gasteiger charge is 2.23. The molecule has 0 aliphatic rings. The van der Waals surface area contributed by atoms with Crippen LogP contribution in [0.5, 0.6) is 11.6 Å². The standard InChI is InChI=1S/C28H27N5O4S/c1-2-37-28(36)33-25(35)23(17-19-9-13-21(34)14-10-19)31-26(33)30-20-11-7-18(8-12-20)15-16-29-27-32-22-5-3-4-6-24(22)38-27/h3-14,34-35H,2,15-17H2,1H3,(H,29,32)(H,30,31). The second kappa shape index (κ2) is 11.2. The van der Waals surface area contributed by atoms with Crippen molar-refractivity contribution in [3.05, 3.63) is 89.6 Å². The molecule has 0 saturated carbocycles. The number of ether oxygens (including phenoxy) is 1. The van der Waals surface area contributed by atoms with Crippen LogP contribution in [-0.2, 0) is 17.6 Å². The Labute approximate surface area is 223 Å². The maximum Gasteiger partial charge on any atom is 0.423 e. The average molecular weight is 530 g/mol. The Bertz CT molecular complexity index is 1510. The summed E-state index contributed by atoms with van der Waals surface area (Å²) in [7, 11) is 0. The van der Waals surface area contributed by atoms with Gasteiger partial charge < -0.3 is 25.6 Å². The molecule has 0 unspecified atom stereocenters. The minimum absolute atomic E-state index is 0.147. The fraction of sp³-hybridized carbons (Fsp3) is 0.179. The summed E-state index contributed by atoms with van der Waals surface area (Å²) in [6.07, 6.45) is 0.355. The number of aromatic hydroxyl groups is 2. The van der Waals surface area contributed by atoms with Gasteiger partial charge in [-0.3, -0.25) is 0 Å². The van der Waals surface area contributed by atoms with Crippen LogP contribution in [0.1, 0.15) is 23.7 Å². The highest BCUT2D eigenvalue weighted by molar-refractivity contribution is 7.22. The molecule has 10 heteroatoms. The first kappa shape index (κ1) is 25.1. The Morgan fingerprint density at radius 3 is 2.45 bits per heavy atom. The molecule has 0 saturated heterocycles. The van der Waals surface area contributed by atoms with Crippen LogP contribution in [0.4, 0.5) is 21.6 Å². The highest BCUT2D eigenvalue weighted by Crippen LogP contribution is 2.29. The van der Waals surface area contributed by atoms with Gasteiger partial charge in [0.05, 0.1) is 16.8 Å². The van der Waals surface area contributed by atoms with Gasteiger partial charge >= 0.3 is 6.09 Å². The number of rotatable bonds is 9. The van der Waals surface area contributed by atoms with Gasteiger partial charge in [-0.05, 0) is 60.9 Å². The third kappa shape index (κ3) is 5.70. The van der Waals surface area contributed by atoms with E-state index in [2.05, 4.69) is 26.7 Å². The monoisotopic (exact) mass is 529 g/mol. The number of benzene rings is 3. The van der Waals surface area contributed by atoms with Crippen molar-refractivity contribution in [3.8, 4) is 11.6 Å². The third-order valence-electron chi connectivity index (χ3n) is 5.87. The van der Waals surface area contributed by atoms with Crippen molar-refractivity contribution in [1.82, 2.24) is 14.5 Å². The van der Waals surface area contributed by atoms with Gasteiger partial charge in [-0.1, -0.05) is 47.7 Å². The molecule has 9 nitrogen and oxygen atoms in total. The average Bonchev–Trinajstić information content (AvgIpc) is 3.46. The predicted octanol–water partition coefficient (Wildman–Crippen LogP) is 5.90. The van der Waals surface area contributed by atoms with Crippen LogP contribution >= 0.6 is 11.3 Å². The quantitative estimate of drug-likeness (QED) is 0.186. The van der Waals surface area contributed by atoms with Gasteiger partial charge in [-0.15, -0.1) is 0 Å². The number of carbonyl (C=O) groups excluding carboxylic acids is 1. The van der Waals surface area contributed by atoms with E-state index in [1.54, 1.807) is 42.5 Å². The van der Waals surface area contributed by atoms with Gasteiger partial charge in [0.2, 0.25) is 11.8 Å². The number of nitrogens with zero attached hydrogens (tertiary/aromatic N) is 3. The highest BCUT2D eigenvalue weighted by atomic mass is 32.1. The van der Waals surface area contributed by atoms with E-state index in [1.165, 1.54) is 0 Å². The van der Waals surface area contributed by atoms with E-state index in [1.807, 2.05) is 42.5 Å². The Hall–Kier alpha value is -4.57. The largest absolute Gasteiger partial charge is 0.508 e. The number of phenolic OH excluding ortho intramolecular Hbond substituents is 1. The molecule has 0 radical (unpaired) electrons. The second-order valence-corrected chi connectivity index (χ2v) is 9.60. The lowest BCUT2D eigenvalue weighted by Gasteiger charge is -2.10. The first-order valence-corrected chi connectivity index (χ1v) is 13.0. The van der Waals surface area contributed by atoms with Crippen LogP contribution in [-0.4, -0.2) is 44.0 Å². The molecular formula is C28H27N5O4S.